The molecule has 7 heteroatoms. The van der Waals surface area contributed by atoms with E-state index in [9.17, 15) is 4.79 Å². The summed E-state index contributed by atoms with van der Waals surface area (Å²) in [7, 11) is 0. The molecule has 0 aliphatic carbocycles. The number of carbonyl (C=O) groups is 1. The van der Waals surface area contributed by atoms with E-state index in [1.165, 1.54) is 0 Å². The Bertz CT molecular complexity index is 848. The molecule has 1 N–H and O–H groups in total. The third-order valence-electron chi connectivity index (χ3n) is 5.12. The van der Waals surface area contributed by atoms with Crippen LogP contribution >= 0.6 is 11.6 Å². The summed E-state index contributed by atoms with van der Waals surface area (Å²) in [6, 6.07) is 12.7. The first-order valence-corrected chi connectivity index (χ1v) is 10.4. The molecular formula is C22H25ClN2O4. The number of halogens is 1. The van der Waals surface area contributed by atoms with Gasteiger partial charge >= 0.3 is 0 Å². The molecule has 1 atom stereocenters. The lowest BCUT2D eigenvalue weighted by Gasteiger charge is -2.31. The van der Waals surface area contributed by atoms with Crippen LogP contribution in [-0.2, 0) is 9.47 Å². The van der Waals surface area contributed by atoms with Crippen molar-refractivity contribution >= 4 is 28.9 Å². The second kappa shape index (κ2) is 9.48. The zero-order valence-electron chi connectivity index (χ0n) is 16.2. The number of hydrogen-bond acceptors (Lipinski definition) is 5. The average molecular weight is 417 g/mol. The lowest BCUT2D eigenvalue weighted by Crippen LogP contribution is -2.37. The molecule has 2 fully saturated rings. The van der Waals surface area contributed by atoms with E-state index >= 15 is 0 Å². The number of nitrogens with zero attached hydrogens (tertiary/aromatic N) is 1. The number of anilines is 2. The summed E-state index contributed by atoms with van der Waals surface area (Å²) >= 11 is 6.46. The van der Waals surface area contributed by atoms with Gasteiger partial charge in [-0.2, -0.15) is 0 Å². The lowest BCUT2D eigenvalue weighted by molar-refractivity contribution is 0.0679. The summed E-state index contributed by atoms with van der Waals surface area (Å²) in [5.41, 5.74) is 2.05. The van der Waals surface area contributed by atoms with E-state index in [1.807, 2.05) is 30.3 Å². The van der Waals surface area contributed by atoms with Gasteiger partial charge in [-0.25, -0.2) is 0 Å². The Morgan fingerprint density at radius 3 is 2.79 bits per heavy atom. The largest absolute Gasteiger partial charge is 0.491 e. The molecule has 29 heavy (non-hydrogen) atoms. The van der Waals surface area contributed by atoms with Crippen LogP contribution in [0.15, 0.2) is 42.5 Å². The molecule has 0 saturated carbocycles. The predicted octanol–water partition coefficient (Wildman–Crippen LogP) is 3.99. The highest BCUT2D eigenvalue weighted by Crippen LogP contribution is 2.34. The van der Waals surface area contributed by atoms with Crippen molar-refractivity contribution < 1.29 is 19.0 Å². The summed E-state index contributed by atoms with van der Waals surface area (Å²) in [6.07, 6.45) is 2.22. The Labute approximate surface area is 175 Å². The molecular weight excluding hydrogens is 392 g/mol. The fourth-order valence-corrected chi connectivity index (χ4v) is 3.91. The van der Waals surface area contributed by atoms with E-state index in [4.69, 9.17) is 25.8 Å². The Kier molecular flexibility index (Phi) is 6.54. The number of ether oxygens (including phenoxy) is 3. The molecule has 0 radical (unpaired) electrons. The van der Waals surface area contributed by atoms with Crippen LogP contribution in [0.1, 0.15) is 23.2 Å². The summed E-state index contributed by atoms with van der Waals surface area (Å²) < 4.78 is 16.8. The molecule has 6 nitrogen and oxygen atoms in total. The fraction of sp³-hybridized carbons (Fsp3) is 0.409. The highest BCUT2D eigenvalue weighted by molar-refractivity contribution is 6.34. The summed E-state index contributed by atoms with van der Waals surface area (Å²) in [4.78, 5) is 15.0. The number of morpholine rings is 1. The third-order valence-corrected chi connectivity index (χ3v) is 5.42. The Hall–Kier alpha value is -2.28. The predicted molar refractivity (Wildman–Crippen MR) is 113 cm³/mol. The Morgan fingerprint density at radius 2 is 2.00 bits per heavy atom. The van der Waals surface area contributed by atoms with Gasteiger partial charge < -0.3 is 24.4 Å². The van der Waals surface area contributed by atoms with Gasteiger partial charge in [-0.05, 0) is 43.2 Å². The van der Waals surface area contributed by atoms with Gasteiger partial charge in [0.15, 0.2) is 0 Å². The SMILES string of the molecule is O=C(Nc1cccc(Cl)c1N1CCOCC1)c1cccc(OCC2CCCO2)c1. The highest BCUT2D eigenvalue weighted by Gasteiger charge is 2.20. The number of para-hydroxylation sites is 1. The average Bonchev–Trinajstić information content (AvgIpc) is 3.27. The Balaban J connectivity index is 1.46. The van der Waals surface area contributed by atoms with Crippen LogP contribution in [0.4, 0.5) is 11.4 Å². The van der Waals surface area contributed by atoms with Gasteiger partial charge in [0.2, 0.25) is 0 Å². The van der Waals surface area contributed by atoms with Crippen molar-refractivity contribution in [2.24, 2.45) is 0 Å². The maximum absolute atomic E-state index is 12.9. The maximum atomic E-state index is 12.9. The normalized spacial score (nSPS) is 19.2. The third kappa shape index (κ3) is 5.01. The molecule has 0 aromatic heterocycles. The molecule has 1 unspecified atom stereocenters. The standard InChI is InChI=1S/C22H25ClN2O4/c23-19-7-2-8-20(21(19)25-9-12-27-13-10-25)24-22(26)16-4-1-5-17(14-16)29-15-18-6-3-11-28-18/h1-2,4-5,7-8,14,18H,3,6,9-13,15H2,(H,24,26). The number of carbonyl (C=O) groups excluding carboxylic acids is 1. The van der Waals surface area contributed by atoms with Crippen molar-refractivity contribution in [3.05, 3.63) is 53.1 Å². The molecule has 2 saturated heterocycles. The number of nitrogens with one attached hydrogen (secondary N) is 1. The number of rotatable bonds is 6. The van der Waals surface area contributed by atoms with Gasteiger partial charge in [-0.3, -0.25) is 4.79 Å². The second-order valence-corrected chi connectivity index (χ2v) is 7.57. The van der Waals surface area contributed by atoms with Crippen molar-refractivity contribution in [2.75, 3.05) is 49.7 Å². The van der Waals surface area contributed by atoms with Crippen molar-refractivity contribution in [1.29, 1.82) is 0 Å². The van der Waals surface area contributed by atoms with Gasteiger partial charge in [-0.1, -0.05) is 23.7 Å². The first-order chi connectivity index (χ1) is 14.2. The minimum atomic E-state index is -0.204. The second-order valence-electron chi connectivity index (χ2n) is 7.16. The minimum Gasteiger partial charge on any atom is -0.491 e. The van der Waals surface area contributed by atoms with Gasteiger partial charge in [0.25, 0.3) is 5.91 Å². The molecule has 154 valence electrons. The Morgan fingerprint density at radius 1 is 1.17 bits per heavy atom. The van der Waals surface area contributed by atoms with Crippen molar-refractivity contribution in [3.8, 4) is 5.75 Å². The van der Waals surface area contributed by atoms with Crippen LogP contribution < -0.4 is 15.0 Å². The van der Waals surface area contributed by atoms with Gasteiger partial charge in [0, 0.05) is 25.3 Å². The van der Waals surface area contributed by atoms with Crippen LogP contribution in [0.5, 0.6) is 5.75 Å². The van der Waals surface area contributed by atoms with Gasteiger partial charge in [0.05, 0.1) is 35.7 Å². The molecule has 2 aromatic carbocycles. The molecule has 4 rings (SSSR count). The maximum Gasteiger partial charge on any atom is 0.255 e. The molecule has 2 aromatic rings. The number of amides is 1. The van der Waals surface area contributed by atoms with Crippen molar-refractivity contribution in [2.45, 2.75) is 18.9 Å². The van der Waals surface area contributed by atoms with E-state index in [1.54, 1.807) is 12.1 Å². The van der Waals surface area contributed by atoms with Crippen molar-refractivity contribution in [3.63, 3.8) is 0 Å². The lowest BCUT2D eigenvalue weighted by atomic mass is 10.1. The van der Waals surface area contributed by atoms with E-state index in [0.717, 1.165) is 38.2 Å². The molecule has 1 amide bonds. The quantitative estimate of drug-likeness (QED) is 0.771. The van der Waals surface area contributed by atoms with Crippen LogP contribution in [0.2, 0.25) is 5.02 Å². The van der Waals surface area contributed by atoms with Crippen LogP contribution in [0, 0.1) is 0 Å². The van der Waals surface area contributed by atoms with E-state index in [0.29, 0.717) is 41.8 Å². The molecule has 0 bridgehead atoms. The van der Waals surface area contributed by atoms with E-state index in [-0.39, 0.29) is 12.0 Å². The topological polar surface area (TPSA) is 60.0 Å². The molecule has 2 aliphatic rings. The zero-order valence-corrected chi connectivity index (χ0v) is 17.0. The number of hydrogen-bond donors (Lipinski definition) is 1. The first kappa shape index (κ1) is 20.0. The van der Waals surface area contributed by atoms with Gasteiger partial charge in [-0.15, -0.1) is 0 Å². The van der Waals surface area contributed by atoms with E-state index < -0.39 is 0 Å². The van der Waals surface area contributed by atoms with Crippen LogP contribution in [0.25, 0.3) is 0 Å². The summed E-state index contributed by atoms with van der Waals surface area (Å²) in [5, 5.41) is 3.61. The molecule has 2 aliphatic heterocycles. The van der Waals surface area contributed by atoms with E-state index in [2.05, 4.69) is 10.2 Å². The summed E-state index contributed by atoms with van der Waals surface area (Å²) in [5.74, 6) is 0.456. The van der Waals surface area contributed by atoms with Crippen LogP contribution in [-0.4, -0.2) is 51.5 Å². The van der Waals surface area contributed by atoms with Gasteiger partial charge in [0.1, 0.15) is 12.4 Å². The smallest absolute Gasteiger partial charge is 0.255 e. The minimum absolute atomic E-state index is 0.134. The number of benzene rings is 2. The fourth-order valence-electron chi connectivity index (χ4n) is 3.61. The monoisotopic (exact) mass is 416 g/mol. The molecule has 0 spiro atoms. The molecule has 2 heterocycles. The van der Waals surface area contributed by atoms with Crippen LogP contribution in [0.3, 0.4) is 0 Å². The highest BCUT2D eigenvalue weighted by atomic mass is 35.5. The van der Waals surface area contributed by atoms with Crippen molar-refractivity contribution in [1.82, 2.24) is 0 Å². The zero-order chi connectivity index (χ0) is 20.1. The first-order valence-electron chi connectivity index (χ1n) is 9.98. The summed E-state index contributed by atoms with van der Waals surface area (Å²) in [6.45, 7) is 4.05.